The predicted octanol–water partition coefficient (Wildman–Crippen LogP) is 1.03. The summed E-state index contributed by atoms with van der Waals surface area (Å²) in [7, 11) is 1.72. The first-order valence-electron chi connectivity index (χ1n) is 6.41. The number of nitrogens with zero attached hydrogens (tertiary/aromatic N) is 2. The van der Waals surface area contributed by atoms with Gasteiger partial charge >= 0.3 is 10.2 Å². The highest BCUT2D eigenvalue weighted by molar-refractivity contribution is 7.90. The van der Waals surface area contributed by atoms with Gasteiger partial charge in [-0.15, -0.1) is 0 Å². The van der Waals surface area contributed by atoms with Crippen molar-refractivity contribution in [3.8, 4) is 0 Å². The third kappa shape index (κ3) is 4.36. The number of aryl methyl sites for hydroxylation is 1. The summed E-state index contributed by atoms with van der Waals surface area (Å²) in [4.78, 5) is 1.93. The molecular formula is C13H23N3O3S. The van der Waals surface area contributed by atoms with E-state index in [9.17, 15) is 8.42 Å². The summed E-state index contributed by atoms with van der Waals surface area (Å²) in [5.41, 5.74) is 2.56. The van der Waals surface area contributed by atoms with Crippen LogP contribution < -0.4 is 9.62 Å². The average Bonchev–Trinajstić information content (AvgIpc) is 2.37. The Morgan fingerprint density at radius 3 is 2.45 bits per heavy atom. The SMILES string of the molecule is Cc1ccc(NS(=O)(=O)N(C)CCCO)cc1N(C)C. The summed E-state index contributed by atoms with van der Waals surface area (Å²) in [5, 5.41) is 8.75. The lowest BCUT2D eigenvalue weighted by Crippen LogP contribution is -2.33. The Bertz CT molecular complexity index is 544. The van der Waals surface area contributed by atoms with Crippen LogP contribution in [0, 0.1) is 6.92 Å². The van der Waals surface area contributed by atoms with Gasteiger partial charge in [-0.25, -0.2) is 0 Å². The molecule has 6 nitrogen and oxygen atoms in total. The fourth-order valence-electron chi connectivity index (χ4n) is 1.80. The summed E-state index contributed by atoms with van der Waals surface area (Å²) >= 11 is 0. The standard InChI is InChI=1S/C13H23N3O3S/c1-11-6-7-12(10-13(11)15(2)3)14-20(18,19)16(4)8-5-9-17/h6-7,10,14,17H,5,8-9H2,1-4H3. The molecule has 0 aliphatic rings. The van der Waals surface area contributed by atoms with Crippen LogP contribution in [0.4, 0.5) is 11.4 Å². The molecule has 2 N–H and O–H groups in total. The predicted molar refractivity (Wildman–Crippen MR) is 82.4 cm³/mol. The molecule has 0 atom stereocenters. The number of benzene rings is 1. The molecular weight excluding hydrogens is 278 g/mol. The second-order valence-corrected chi connectivity index (χ2v) is 6.68. The maximum Gasteiger partial charge on any atom is 0.301 e. The van der Waals surface area contributed by atoms with Gasteiger partial charge in [-0.1, -0.05) is 6.07 Å². The second kappa shape index (κ2) is 6.92. The van der Waals surface area contributed by atoms with E-state index in [0.29, 0.717) is 12.1 Å². The quantitative estimate of drug-likeness (QED) is 0.789. The molecule has 0 aliphatic heterocycles. The summed E-state index contributed by atoms with van der Waals surface area (Å²) in [6, 6.07) is 5.41. The molecule has 0 aromatic heterocycles. The third-order valence-electron chi connectivity index (χ3n) is 2.98. The highest BCUT2D eigenvalue weighted by Crippen LogP contribution is 2.23. The van der Waals surface area contributed by atoms with Crippen LogP contribution in [0.2, 0.25) is 0 Å². The van der Waals surface area contributed by atoms with Gasteiger partial charge in [0.15, 0.2) is 0 Å². The molecule has 0 fully saturated rings. The van der Waals surface area contributed by atoms with Gasteiger partial charge in [0.25, 0.3) is 0 Å². The first kappa shape index (κ1) is 16.7. The van der Waals surface area contributed by atoms with Crippen LogP contribution in [0.25, 0.3) is 0 Å². The lowest BCUT2D eigenvalue weighted by Gasteiger charge is -2.20. The summed E-state index contributed by atoms with van der Waals surface area (Å²) in [6.45, 7) is 2.22. The van der Waals surface area contributed by atoms with Gasteiger partial charge in [-0.3, -0.25) is 4.72 Å². The van der Waals surface area contributed by atoms with E-state index in [2.05, 4.69) is 4.72 Å². The smallest absolute Gasteiger partial charge is 0.301 e. The Kier molecular flexibility index (Phi) is 5.79. The molecule has 0 radical (unpaired) electrons. The van der Waals surface area contributed by atoms with Crippen molar-refractivity contribution in [3.63, 3.8) is 0 Å². The van der Waals surface area contributed by atoms with Gasteiger partial charge in [-0.2, -0.15) is 12.7 Å². The molecule has 7 heteroatoms. The van der Waals surface area contributed by atoms with Gasteiger partial charge in [0.2, 0.25) is 0 Å². The lowest BCUT2D eigenvalue weighted by molar-refractivity contribution is 0.276. The van der Waals surface area contributed by atoms with Crippen LogP contribution in [0.1, 0.15) is 12.0 Å². The molecule has 1 aromatic rings. The van der Waals surface area contributed by atoms with Gasteiger partial charge in [0.05, 0.1) is 5.69 Å². The minimum Gasteiger partial charge on any atom is -0.396 e. The number of rotatable bonds is 7. The normalized spacial score (nSPS) is 11.7. The fourth-order valence-corrected chi connectivity index (χ4v) is 2.75. The van der Waals surface area contributed by atoms with Crippen LogP contribution in [-0.4, -0.2) is 52.1 Å². The van der Waals surface area contributed by atoms with Crippen LogP contribution in [0.5, 0.6) is 0 Å². The number of hydrogen-bond acceptors (Lipinski definition) is 4. The van der Waals surface area contributed by atoms with E-state index >= 15 is 0 Å². The molecule has 0 spiro atoms. The van der Waals surface area contributed by atoms with Crippen LogP contribution >= 0.6 is 0 Å². The second-order valence-electron chi connectivity index (χ2n) is 4.90. The Hall–Kier alpha value is -1.31. The largest absolute Gasteiger partial charge is 0.396 e. The number of aliphatic hydroxyl groups excluding tert-OH is 1. The maximum atomic E-state index is 12.1. The highest BCUT2D eigenvalue weighted by atomic mass is 32.2. The summed E-state index contributed by atoms with van der Waals surface area (Å²) in [6.07, 6.45) is 0.411. The van der Waals surface area contributed by atoms with E-state index in [1.54, 1.807) is 12.1 Å². The Morgan fingerprint density at radius 2 is 1.90 bits per heavy atom. The number of nitrogens with one attached hydrogen (secondary N) is 1. The zero-order valence-electron chi connectivity index (χ0n) is 12.4. The van der Waals surface area contributed by atoms with Crippen molar-refractivity contribution in [2.45, 2.75) is 13.3 Å². The average molecular weight is 301 g/mol. The Morgan fingerprint density at radius 1 is 1.25 bits per heavy atom. The molecule has 0 saturated carbocycles. The molecule has 0 amide bonds. The van der Waals surface area contributed by atoms with Crippen molar-refractivity contribution in [3.05, 3.63) is 23.8 Å². The van der Waals surface area contributed by atoms with Crippen LogP contribution in [0.3, 0.4) is 0 Å². The zero-order chi connectivity index (χ0) is 15.3. The van der Waals surface area contributed by atoms with E-state index in [1.807, 2.05) is 32.0 Å². The first-order valence-corrected chi connectivity index (χ1v) is 7.85. The minimum absolute atomic E-state index is 0.0326. The van der Waals surface area contributed by atoms with Gasteiger partial charge < -0.3 is 10.0 Å². The van der Waals surface area contributed by atoms with Gasteiger partial charge in [-0.05, 0) is 31.0 Å². The van der Waals surface area contributed by atoms with Crippen molar-refractivity contribution in [1.29, 1.82) is 0 Å². The number of anilines is 2. The first-order chi connectivity index (χ1) is 9.27. The molecule has 1 rings (SSSR count). The molecule has 114 valence electrons. The molecule has 1 aromatic carbocycles. The summed E-state index contributed by atoms with van der Waals surface area (Å²) < 4.78 is 27.9. The van der Waals surface area contributed by atoms with Crippen LogP contribution in [0.15, 0.2) is 18.2 Å². The van der Waals surface area contributed by atoms with Gasteiger partial charge in [0.1, 0.15) is 0 Å². The van der Waals surface area contributed by atoms with Gasteiger partial charge in [0, 0.05) is 40.0 Å². The monoisotopic (exact) mass is 301 g/mol. The zero-order valence-corrected chi connectivity index (χ0v) is 13.2. The molecule has 20 heavy (non-hydrogen) atoms. The topological polar surface area (TPSA) is 72.9 Å². The van der Waals surface area contributed by atoms with Crippen molar-refractivity contribution >= 4 is 21.6 Å². The van der Waals surface area contributed by atoms with E-state index in [1.165, 1.54) is 11.4 Å². The summed E-state index contributed by atoms with van der Waals surface area (Å²) in [5.74, 6) is 0. The molecule has 0 unspecified atom stereocenters. The highest BCUT2D eigenvalue weighted by Gasteiger charge is 2.17. The van der Waals surface area contributed by atoms with Crippen molar-refractivity contribution in [1.82, 2.24) is 4.31 Å². The third-order valence-corrected chi connectivity index (χ3v) is 4.48. The van der Waals surface area contributed by atoms with Crippen LogP contribution in [-0.2, 0) is 10.2 Å². The number of hydrogen-bond donors (Lipinski definition) is 2. The molecule has 0 bridgehead atoms. The van der Waals surface area contributed by atoms with Crippen molar-refractivity contribution < 1.29 is 13.5 Å². The van der Waals surface area contributed by atoms with E-state index in [0.717, 1.165) is 11.3 Å². The maximum absolute atomic E-state index is 12.1. The minimum atomic E-state index is -3.59. The van der Waals surface area contributed by atoms with Crippen molar-refractivity contribution in [2.24, 2.45) is 0 Å². The van der Waals surface area contributed by atoms with E-state index in [-0.39, 0.29) is 13.2 Å². The number of aliphatic hydroxyl groups is 1. The molecule has 0 heterocycles. The van der Waals surface area contributed by atoms with E-state index in [4.69, 9.17) is 5.11 Å². The molecule has 0 saturated heterocycles. The Labute approximate surface area is 121 Å². The Balaban J connectivity index is 2.90. The fraction of sp³-hybridized carbons (Fsp3) is 0.538. The van der Waals surface area contributed by atoms with Crippen molar-refractivity contribution in [2.75, 3.05) is 43.9 Å². The lowest BCUT2D eigenvalue weighted by atomic mass is 10.2. The molecule has 0 aliphatic carbocycles. The van der Waals surface area contributed by atoms with E-state index < -0.39 is 10.2 Å².